The first-order valence-electron chi connectivity index (χ1n) is 11.2. The third-order valence-corrected chi connectivity index (χ3v) is 3.76. The van der Waals surface area contributed by atoms with Crippen LogP contribution in [0.4, 0.5) is 14.4 Å². The highest BCUT2D eigenvalue weighted by molar-refractivity contribution is 6.02. The molecule has 0 aliphatic rings. The fourth-order valence-corrected chi connectivity index (χ4v) is 2.42. The Hall–Kier alpha value is -4.63. The lowest BCUT2D eigenvalue weighted by Gasteiger charge is -2.20. The molecule has 0 aliphatic heterocycles. The topological polar surface area (TPSA) is 182 Å². The second kappa shape index (κ2) is 16.1. The molecule has 0 aliphatic carbocycles. The summed E-state index contributed by atoms with van der Waals surface area (Å²) in [7, 11) is 0. The number of nitrogens with zero attached hydrogens (tertiary/aromatic N) is 5. The van der Waals surface area contributed by atoms with Crippen LogP contribution in [0.2, 0.25) is 0 Å². The van der Waals surface area contributed by atoms with Gasteiger partial charge in [-0.1, -0.05) is 0 Å². The molecule has 2 heterocycles. The maximum Gasteiger partial charge on any atom is 0.439 e. The summed E-state index contributed by atoms with van der Waals surface area (Å²) in [5.41, 5.74) is 2.32. The molecule has 0 bridgehead atoms. The van der Waals surface area contributed by atoms with Crippen molar-refractivity contribution < 1.29 is 47.7 Å². The lowest BCUT2D eigenvalue weighted by molar-refractivity contribution is 0.0496. The van der Waals surface area contributed by atoms with Crippen LogP contribution < -0.4 is 10.4 Å². The number of aromatic nitrogens is 4. The van der Waals surface area contributed by atoms with Gasteiger partial charge in [-0.2, -0.15) is 0 Å². The lowest BCUT2D eigenvalue weighted by atomic mass is 10.6. The molecule has 0 aromatic carbocycles. The summed E-state index contributed by atoms with van der Waals surface area (Å²) in [5.74, 6) is -1.63. The molecule has 16 nitrogen and oxygen atoms in total. The summed E-state index contributed by atoms with van der Waals surface area (Å²) in [6, 6.07) is 0. The van der Waals surface area contributed by atoms with Crippen LogP contribution in [0.15, 0.2) is 24.8 Å². The van der Waals surface area contributed by atoms with Crippen molar-refractivity contribution in [2.24, 2.45) is 0 Å². The number of esters is 2. The summed E-state index contributed by atoms with van der Waals surface area (Å²) < 4.78 is 25.8. The molecule has 2 rings (SSSR count). The highest BCUT2D eigenvalue weighted by Crippen LogP contribution is 2.06. The molecular formula is C21H30N6O10. The Labute approximate surface area is 212 Å². The van der Waals surface area contributed by atoms with Crippen LogP contribution in [0.3, 0.4) is 0 Å². The fourth-order valence-electron chi connectivity index (χ4n) is 2.42. The van der Waals surface area contributed by atoms with Gasteiger partial charge in [-0.25, -0.2) is 48.7 Å². The van der Waals surface area contributed by atoms with Crippen LogP contribution in [0.1, 0.15) is 55.9 Å². The maximum absolute atomic E-state index is 11.9. The molecule has 0 radical (unpaired) electrons. The second-order valence-corrected chi connectivity index (χ2v) is 6.20. The van der Waals surface area contributed by atoms with Crippen LogP contribution in [0.25, 0.3) is 0 Å². The van der Waals surface area contributed by atoms with E-state index in [1.54, 1.807) is 34.6 Å². The monoisotopic (exact) mass is 526 g/mol. The van der Waals surface area contributed by atoms with Gasteiger partial charge in [0.2, 0.25) is 11.6 Å². The van der Waals surface area contributed by atoms with Crippen LogP contribution in [-0.2, 0) is 23.7 Å². The van der Waals surface area contributed by atoms with Crippen molar-refractivity contribution in [2.45, 2.75) is 34.6 Å². The van der Waals surface area contributed by atoms with E-state index in [2.05, 4.69) is 20.1 Å². The molecule has 2 aromatic rings. The van der Waals surface area contributed by atoms with Crippen LogP contribution in [0, 0.1) is 0 Å². The third kappa shape index (κ3) is 9.15. The zero-order valence-corrected chi connectivity index (χ0v) is 21.2. The van der Waals surface area contributed by atoms with E-state index in [0.717, 1.165) is 9.35 Å². The van der Waals surface area contributed by atoms with Gasteiger partial charge in [-0.3, -0.25) is 0 Å². The van der Waals surface area contributed by atoms with Crippen molar-refractivity contribution >= 4 is 30.2 Å². The molecule has 204 valence electrons. The van der Waals surface area contributed by atoms with E-state index in [4.69, 9.17) is 18.9 Å². The number of nitrogens with one attached hydrogen (secondary N) is 1. The summed E-state index contributed by atoms with van der Waals surface area (Å²) in [6.07, 6.45) is 2.66. The van der Waals surface area contributed by atoms with E-state index in [0.29, 0.717) is 5.01 Å². The molecule has 0 atom stereocenters. The quantitative estimate of drug-likeness (QED) is 0.371. The van der Waals surface area contributed by atoms with Crippen LogP contribution in [-0.4, -0.2) is 82.6 Å². The van der Waals surface area contributed by atoms with Crippen molar-refractivity contribution in [1.29, 1.82) is 0 Å². The maximum atomic E-state index is 11.9. The van der Waals surface area contributed by atoms with Gasteiger partial charge < -0.3 is 23.7 Å². The predicted molar refractivity (Wildman–Crippen MR) is 125 cm³/mol. The first kappa shape index (κ1) is 30.4. The largest absolute Gasteiger partial charge is 0.460 e. The summed E-state index contributed by atoms with van der Waals surface area (Å²) in [4.78, 5) is 65.6. The van der Waals surface area contributed by atoms with Crippen molar-refractivity contribution in [1.82, 2.24) is 19.3 Å². The lowest BCUT2D eigenvalue weighted by Crippen LogP contribution is -2.47. The number of hydrogen-bond donors (Lipinski definition) is 1. The average Bonchev–Trinajstić information content (AvgIpc) is 3.50. The summed E-state index contributed by atoms with van der Waals surface area (Å²) in [5, 5.41) is 0.534. The smallest absolute Gasteiger partial charge is 0.439 e. The van der Waals surface area contributed by atoms with Gasteiger partial charge in [-0.15, -0.1) is 5.01 Å². The number of imide groups is 1. The molecule has 37 heavy (non-hydrogen) atoms. The van der Waals surface area contributed by atoms with Gasteiger partial charge >= 0.3 is 30.2 Å². The second-order valence-electron chi connectivity index (χ2n) is 6.20. The Balaban J connectivity index is 0.000000384. The zero-order valence-electron chi connectivity index (χ0n) is 21.2. The number of ether oxygens (including phenoxy) is 5. The van der Waals surface area contributed by atoms with E-state index in [9.17, 15) is 24.0 Å². The Bertz CT molecular complexity index is 1030. The van der Waals surface area contributed by atoms with Gasteiger partial charge in [0.25, 0.3) is 0 Å². The molecule has 0 saturated carbocycles. The van der Waals surface area contributed by atoms with Gasteiger partial charge in [0.15, 0.2) is 0 Å². The first-order chi connectivity index (χ1) is 17.7. The number of rotatable bonds is 9. The van der Waals surface area contributed by atoms with E-state index in [1.807, 2.05) is 0 Å². The molecule has 2 aromatic heterocycles. The van der Waals surface area contributed by atoms with Crippen LogP contribution >= 0.6 is 0 Å². The standard InChI is InChI=1S/C12H17N3O6.C9H13N3O4/c1-4-19-10(16)9-13-7-8-14(9)15(11(17)20-5-2)12(18)21-6-3;1-3-15-8(13)7-10-5-6-12(7)11-9(14)16-4-2/h7-8H,4-6H2,1-3H3;5-6H,3-4H2,1-2H3,(H,11,14). The Morgan fingerprint density at radius 1 is 0.703 bits per heavy atom. The predicted octanol–water partition coefficient (Wildman–Crippen LogP) is 2.07. The van der Waals surface area contributed by atoms with Gasteiger partial charge in [-0.05, 0) is 34.6 Å². The van der Waals surface area contributed by atoms with Crippen molar-refractivity contribution in [2.75, 3.05) is 43.5 Å². The zero-order chi connectivity index (χ0) is 27.8. The van der Waals surface area contributed by atoms with Crippen molar-refractivity contribution in [3.63, 3.8) is 0 Å². The summed E-state index contributed by atoms with van der Waals surface area (Å²) in [6.45, 7) is 8.88. The van der Waals surface area contributed by atoms with E-state index >= 15 is 0 Å². The normalized spacial score (nSPS) is 9.76. The molecule has 1 N–H and O–H groups in total. The molecule has 0 spiro atoms. The summed E-state index contributed by atoms with van der Waals surface area (Å²) >= 11 is 0. The number of carbonyl (C=O) groups excluding carboxylic acids is 5. The van der Waals surface area contributed by atoms with Gasteiger partial charge in [0.05, 0.1) is 33.0 Å². The molecule has 3 amide bonds. The Morgan fingerprint density at radius 2 is 1.16 bits per heavy atom. The van der Waals surface area contributed by atoms with E-state index in [-0.39, 0.29) is 44.7 Å². The minimum atomic E-state index is -0.987. The number of amides is 3. The molecule has 16 heteroatoms. The number of carbonyl (C=O) groups is 5. The molecule has 0 unspecified atom stereocenters. The Kier molecular flexibility index (Phi) is 13.2. The molecular weight excluding hydrogens is 496 g/mol. The van der Waals surface area contributed by atoms with E-state index in [1.165, 1.54) is 24.8 Å². The third-order valence-electron chi connectivity index (χ3n) is 3.76. The molecule has 0 saturated heterocycles. The van der Waals surface area contributed by atoms with Gasteiger partial charge in [0.1, 0.15) is 0 Å². The van der Waals surface area contributed by atoms with Crippen LogP contribution in [0.5, 0.6) is 0 Å². The van der Waals surface area contributed by atoms with Crippen molar-refractivity contribution in [3.05, 3.63) is 36.4 Å². The minimum absolute atomic E-state index is 0.00472. The number of hydrogen-bond acceptors (Lipinski definition) is 12. The van der Waals surface area contributed by atoms with Gasteiger partial charge in [0, 0.05) is 24.8 Å². The first-order valence-corrected chi connectivity index (χ1v) is 11.2. The average molecular weight is 527 g/mol. The minimum Gasteiger partial charge on any atom is -0.460 e. The van der Waals surface area contributed by atoms with Crippen molar-refractivity contribution in [3.8, 4) is 0 Å². The fraction of sp³-hybridized carbons (Fsp3) is 0.476. The van der Waals surface area contributed by atoms with E-state index < -0.39 is 30.2 Å². The molecule has 0 fully saturated rings. The number of imidazole rings is 2. The highest BCUT2D eigenvalue weighted by Gasteiger charge is 2.30. The highest BCUT2D eigenvalue weighted by atomic mass is 16.6. The SMILES string of the molecule is CCOC(=O)Nn1ccnc1C(=O)OCC.CCOC(=O)c1nccn1N(C(=O)OCC)C(=O)OCC. The Morgan fingerprint density at radius 3 is 1.68 bits per heavy atom.